The summed E-state index contributed by atoms with van der Waals surface area (Å²) in [7, 11) is 0. The van der Waals surface area contributed by atoms with Crippen LogP contribution in [0, 0.1) is 0 Å². The van der Waals surface area contributed by atoms with Gasteiger partial charge in [-0.05, 0) is 33.8 Å². The van der Waals surface area contributed by atoms with Gasteiger partial charge in [-0.2, -0.15) is 0 Å². The largest absolute Gasteiger partial charge is 0.350 e. The molecule has 1 aromatic rings. The minimum absolute atomic E-state index is 0.0721. The number of thiophene rings is 1. The first-order chi connectivity index (χ1) is 7.15. The highest BCUT2D eigenvalue weighted by Gasteiger charge is 2.12. The lowest BCUT2D eigenvalue weighted by atomic mass is 10.2. The van der Waals surface area contributed by atoms with E-state index in [0.29, 0.717) is 6.54 Å². The normalized spacial score (nSPS) is 12.5. The molecule has 0 fully saturated rings. The van der Waals surface area contributed by atoms with E-state index in [4.69, 9.17) is 5.73 Å². The number of carbonyl (C=O) groups excluding carboxylic acids is 1. The van der Waals surface area contributed by atoms with E-state index in [1.165, 1.54) is 0 Å². The summed E-state index contributed by atoms with van der Waals surface area (Å²) in [6.07, 6.45) is 1.66. The summed E-state index contributed by atoms with van der Waals surface area (Å²) in [5, 5.41) is 4.81. The van der Waals surface area contributed by atoms with Crippen molar-refractivity contribution in [2.24, 2.45) is 5.73 Å². The van der Waals surface area contributed by atoms with Crippen LogP contribution in [0.1, 0.15) is 24.6 Å². The summed E-state index contributed by atoms with van der Waals surface area (Å²) in [5.41, 5.74) is 5.68. The van der Waals surface area contributed by atoms with E-state index in [9.17, 15) is 4.79 Å². The van der Waals surface area contributed by atoms with Crippen molar-refractivity contribution in [3.63, 3.8) is 0 Å². The maximum Gasteiger partial charge on any atom is 0.237 e. The maximum atomic E-state index is 11.5. The molecule has 0 unspecified atom stereocenters. The number of hydrogen-bond donors (Lipinski definition) is 2. The van der Waals surface area contributed by atoms with Crippen molar-refractivity contribution in [2.45, 2.75) is 32.4 Å². The van der Waals surface area contributed by atoms with E-state index in [1.54, 1.807) is 11.3 Å². The van der Waals surface area contributed by atoms with Crippen molar-refractivity contribution in [3.05, 3.63) is 20.8 Å². The first-order valence-electron chi connectivity index (χ1n) is 4.90. The fourth-order valence-corrected chi connectivity index (χ4v) is 2.62. The van der Waals surface area contributed by atoms with Gasteiger partial charge >= 0.3 is 0 Å². The van der Waals surface area contributed by atoms with E-state index in [-0.39, 0.29) is 11.9 Å². The molecule has 1 atom stereocenters. The Kier molecular flexibility index (Phi) is 5.28. The number of amides is 1. The molecule has 1 amide bonds. The zero-order chi connectivity index (χ0) is 11.3. The van der Waals surface area contributed by atoms with Gasteiger partial charge in [0, 0.05) is 9.35 Å². The monoisotopic (exact) mass is 290 g/mol. The highest BCUT2D eigenvalue weighted by molar-refractivity contribution is 9.10. The molecule has 0 aliphatic heterocycles. The molecule has 1 aromatic heterocycles. The van der Waals surface area contributed by atoms with Crippen molar-refractivity contribution >= 4 is 33.2 Å². The predicted molar refractivity (Wildman–Crippen MR) is 66.7 cm³/mol. The fourth-order valence-electron chi connectivity index (χ4n) is 1.19. The number of rotatable bonds is 5. The number of nitrogens with two attached hydrogens (primary N) is 1. The smallest absolute Gasteiger partial charge is 0.237 e. The first-order valence-corrected chi connectivity index (χ1v) is 6.57. The van der Waals surface area contributed by atoms with Gasteiger partial charge in [-0.1, -0.05) is 13.3 Å². The summed E-state index contributed by atoms with van der Waals surface area (Å²) in [4.78, 5) is 12.6. The molecule has 0 bridgehead atoms. The van der Waals surface area contributed by atoms with Gasteiger partial charge in [-0.3, -0.25) is 4.79 Å². The third kappa shape index (κ3) is 3.93. The Labute approximate surface area is 102 Å². The van der Waals surface area contributed by atoms with Crippen molar-refractivity contribution in [1.29, 1.82) is 0 Å². The number of carbonyl (C=O) groups is 1. The molecule has 84 valence electrons. The fraction of sp³-hybridized carbons (Fsp3) is 0.500. The summed E-state index contributed by atoms with van der Waals surface area (Å²) in [5.74, 6) is -0.0721. The average molecular weight is 291 g/mol. The molecule has 0 saturated heterocycles. The average Bonchev–Trinajstić information content (AvgIpc) is 2.61. The lowest BCUT2D eigenvalue weighted by Gasteiger charge is -2.10. The van der Waals surface area contributed by atoms with Crippen LogP contribution >= 0.6 is 27.3 Å². The molecule has 1 rings (SSSR count). The van der Waals surface area contributed by atoms with Crippen LogP contribution in [0.4, 0.5) is 0 Å². The maximum absolute atomic E-state index is 11.5. The van der Waals surface area contributed by atoms with Gasteiger partial charge in [0.2, 0.25) is 5.91 Å². The predicted octanol–water partition coefficient (Wildman–Crippen LogP) is 2.25. The Balaban J connectivity index is 2.37. The van der Waals surface area contributed by atoms with Crippen LogP contribution < -0.4 is 11.1 Å². The summed E-state index contributed by atoms with van der Waals surface area (Å²) in [6.45, 7) is 2.57. The molecule has 0 spiro atoms. The quantitative estimate of drug-likeness (QED) is 0.874. The molecular weight excluding hydrogens is 276 g/mol. The topological polar surface area (TPSA) is 55.1 Å². The number of nitrogens with one attached hydrogen (secondary N) is 1. The summed E-state index contributed by atoms with van der Waals surface area (Å²) < 4.78 is 1.04. The Hall–Kier alpha value is -0.390. The van der Waals surface area contributed by atoms with Crippen LogP contribution in [0.15, 0.2) is 15.9 Å². The summed E-state index contributed by atoms with van der Waals surface area (Å²) in [6, 6.07) is 1.59. The van der Waals surface area contributed by atoms with Crippen molar-refractivity contribution in [3.8, 4) is 0 Å². The molecule has 0 aliphatic rings. The molecule has 0 saturated carbocycles. The molecule has 5 heteroatoms. The van der Waals surface area contributed by atoms with E-state index in [0.717, 1.165) is 22.2 Å². The van der Waals surface area contributed by atoms with Gasteiger partial charge in [-0.15, -0.1) is 11.3 Å². The lowest BCUT2D eigenvalue weighted by Crippen LogP contribution is -2.39. The van der Waals surface area contributed by atoms with Crippen LogP contribution in [0.3, 0.4) is 0 Å². The van der Waals surface area contributed by atoms with Crippen molar-refractivity contribution < 1.29 is 4.79 Å². The highest BCUT2D eigenvalue weighted by Crippen LogP contribution is 2.22. The second-order valence-electron chi connectivity index (χ2n) is 3.30. The van der Waals surface area contributed by atoms with Crippen LogP contribution in [0.5, 0.6) is 0 Å². The molecule has 1 heterocycles. The number of hydrogen-bond acceptors (Lipinski definition) is 3. The number of halogens is 1. The van der Waals surface area contributed by atoms with Gasteiger partial charge in [-0.25, -0.2) is 0 Å². The second kappa shape index (κ2) is 6.25. The zero-order valence-corrected chi connectivity index (χ0v) is 11.0. The molecule has 0 aromatic carbocycles. The standard InChI is InChI=1S/C10H15BrN2OS/c1-2-3-8(12)10(14)13-6-9-7(11)4-5-15-9/h4-5,8H,2-3,6,12H2,1H3,(H,13,14)/t8-/m0/s1. The molecular formula is C10H15BrN2OS. The van der Waals surface area contributed by atoms with Crippen molar-refractivity contribution in [1.82, 2.24) is 5.32 Å². The van der Waals surface area contributed by atoms with E-state index in [1.807, 2.05) is 18.4 Å². The van der Waals surface area contributed by atoms with Crippen LogP contribution in [-0.4, -0.2) is 11.9 Å². The van der Waals surface area contributed by atoms with Gasteiger partial charge in [0.25, 0.3) is 0 Å². The minimum atomic E-state index is -0.381. The Morgan fingerprint density at radius 3 is 3.00 bits per heavy atom. The molecule has 15 heavy (non-hydrogen) atoms. The Morgan fingerprint density at radius 1 is 1.73 bits per heavy atom. The van der Waals surface area contributed by atoms with Gasteiger partial charge in [0.15, 0.2) is 0 Å². The summed E-state index contributed by atoms with van der Waals surface area (Å²) >= 11 is 5.03. The molecule has 0 aliphatic carbocycles. The van der Waals surface area contributed by atoms with E-state index >= 15 is 0 Å². The lowest BCUT2D eigenvalue weighted by molar-refractivity contribution is -0.122. The van der Waals surface area contributed by atoms with Crippen LogP contribution in [0.25, 0.3) is 0 Å². The minimum Gasteiger partial charge on any atom is -0.350 e. The Morgan fingerprint density at radius 2 is 2.47 bits per heavy atom. The van der Waals surface area contributed by atoms with Crippen molar-refractivity contribution in [2.75, 3.05) is 0 Å². The van der Waals surface area contributed by atoms with Gasteiger partial charge in [0.05, 0.1) is 12.6 Å². The first kappa shape index (κ1) is 12.7. The van der Waals surface area contributed by atoms with E-state index < -0.39 is 0 Å². The third-order valence-electron chi connectivity index (χ3n) is 2.05. The SMILES string of the molecule is CCC[C@H](N)C(=O)NCc1sccc1Br. The van der Waals surface area contributed by atoms with Gasteiger partial charge < -0.3 is 11.1 Å². The highest BCUT2D eigenvalue weighted by atomic mass is 79.9. The Bertz CT molecular complexity index is 327. The zero-order valence-electron chi connectivity index (χ0n) is 8.63. The second-order valence-corrected chi connectivity index (χ2v) is 5.16. The molecule has 3 N–H and O–H groups in total. The van der Waals surface area contributed by atoms with Gasteiger partial charge in [0.1, 0.15) is 0 Å². The van der Waals surface area contributed by atoms with Crippen LogP contribution in [-0.2, 0) is 11.3 Å². The molecule has 3 nitrogen and oxygen atoms in total. The third-order valence-corrected chi connectivity index (χ3v) is 3.98. The van der Waals surface area contributed by atoms with E-state index in [2.05, 4.69) is 21.2 Å². The molecule has 0 radical (unpaired) electrons. The van der Waals surface area contributed by atoms with Crippen LogP contribution in [0.2, 0.25) is 0 Å².